The third-order valence-corrected chi connectivity index (χ3v) is 4.16. The predicted octanol–water partition coefficient (Wildman–Crippen LogP) is 1.99. The molecule has 12 nitrogen and oxygen atoms in total. The van der Waals surface area contributed by atoms with E-state index >= 15 is 0 Å². The number of nitrogens with zero attached hydrogens (tertiary/aromatic N) is 6. The summed E-state index contributed by atoms with van der Waals surface area (Å²) in [7, 11) is 0. The fourth-order valence-electron chi connectivity index (χ4n) is 2.76. The third-order valence-electron chi connectivity index (χ3n) is 4.16. The van der Waals surface area contributed by atoms with Crippen LogP contribution in [0, 0.1) is 21.4 Å². The number of aromatic amines is 2. The summed E-state index contributed by atoms with van der Waals surface area (Å²) in [6.45, 7) is 0. The van der Waals surface area contributed by atoms with Crippen LogP contribution in [0.5, 0.6) is 0 Å². The second kappa shape index (κ2) is 7.60. The van der Waals surface area contributed by atoms with Crippen LogP contribution in [0.3, 0.4) is 0 Å². The largest absolute Gasteiger partial charge is 0.360 e. The lowest BCUT2D eigenvalue weighted by atomic mass is 10.1. The molecule has 0 spiro atoms. The molecule has 4 rings (SSSR count). The molecule has 0 aliphatic heterocycles. The van der Waals surface area contributed by atoms with Crippen molar-refractivity contribution in [2.75, 3.05) is 5.32 Å². The maximum atomic E-state index is 12.4. The number of para-hydroxylation sites is 1. The van der Waals surface area contributed by atoms with Gasteiger partial charge in [-0.15, -0.1) is 10.2 Å². The normalized spacial score (nSPS) is 11.2. The molecule has 4 aromatic rings. The molecule has 2 aromatic carbocycles. The van der Waals surface area contributed by atoms with Gasteiger partial charge in [-0.1, -0.05) is 12.1 Å². The van der Waals surface area contributed by atoms with Crippen molar-refractivity contribution < 1.29 is 4.92 Å². The Morgan fingerprint density at radius 3 is 2.83 bits per heavy atom. The van der Waals surface area contributed by atoms with E-state index in [1.807, 2.05) is 6.07 Å². The molecule has 0 saturated carbocycles. The van der Waals surface area contributed by atoms with Gasteiger partial charge in [-0.25, -0.2) is 4.98 Å². The Labute approximate surface area is 167 Å². The van der Waals surface area contributed by atoms with Gasteiger partial charge >= 0.3 is 0 Å². The van der Waals surface area contributed by atoms with Gasteiger partial charge in [-0.3, -0.25) is 14.9 Å². The summed E-state index contributed by atoms with van der Waals surface area (Å²) in [6.07, 6.45) is 1.28. The van der Waals surface area contributed by atoms with Crippen LogP contribution in [0.1, 0.15) is 5.82 Å². The van der Waals surface area contributed by atoms with Crippen molar-refractivity contribution in [1.82, 2.24) is 30.6 Å². The molecule has 2 aromatic heterocycles. The van der Waals surface area contributed by atoms with Crippen LogP contribution in [-0.4, -0.2) is 35.5 Å². The van der Waals surface area contributed by atoms with E-state index in [1.165, 1.54) is 24.4 Å². The molecular formula is C18H11N9O3. The number of nitro groups is 1. The summed E-state index contributed by atoms with van der Waals surface area (Å²) in [5.41, 5.74) is 0.626. The summed E-state index contributed by atoms with van der Waals surface area (Å²) in [4.78, 5) is 30.2. The molecule has 0 saturated heterocycles. The average molecular weight is 401 g/mol. The van der Waals surface area contributed by atoms with Crippen LogP contribution in [0.2, 0.25) is 0 Å². The quantitative estimate of drug-likeness (QED) is 0.256. The third kappa shape index (κ3) is 3.45. The Kier molecular flexibility index (Phi) is 4.67. The van der Waals surface area contributed by atoms with Gasteiger partial charge in [-0.05, 0) is 23.4 Å². The number of hydrogen-bond donors (Lipinski definition) is 3. The van der Waals surface area contributed by atoms with E-state index in [0.29, 0.717) is 16.5 Å². The summed E-state index contributed by atoms with van der Waals surface area (Å²) in [6, 6.07) is 12.7. The number of allylic oxidation sites excluding steroid dienone is 1. The zero-order valence-electron chi connectivity index (χ0n) is 15.0. The van der Waals surface area contributed by atoms with Crippen molar-refractivity contribution in [3.8, 4) is 17.5 Å². The van der Waals surface area contributed by atoms with Gasteiger partial charge in [0.05, 0.1) is 21.5 Å². The Morgan fingerprint density at radius 2 is 2.10 bits per heavy atom. The van der Waals surface area contributed by atoms with Crippen molar-refractivity contribution >= 4 is 27.9 Å². The van der Waals surface area contributed by atoms with E-state index in [9.17, 15) is 20.2 Å². The minimum Gasteiger partial charge on any atom is -0.360 e. The van der Waals surface area contributed by atoms with E-state index in [1.54, 1.807) is 24.3 Å². The first kappa shape index (κ1) is 18.4. The molecule has 0 aliphatic rings. The van der Waals surface area contributed by atoms with Gasteiger partial charge in [0.25, 0.3) is 11.2 Å². The molecule has 0 unspecified atom stereocenters. The number of H-pyrrole nitrogens is 2. The summed E-state index contributed by atoms with van der Waals surface area (Å²) >= 11 is 0. The van der Waals surface area contributed by atoms with Gasteiger partial charge < -0.3 is 10.3 Å². The van der Waals surface area contributed by atoms with Crippen molar-refractivity contribution in [3.05, 3.63) is 75.0 Å². The molecule has 0 atom stereocenters. The monoisotopic (exact) mass is 401 g/mol. The molecule has 2 heterocycles. The molecular weight excluding hydrogens is 390 g/mol. The maximum absolute atomic E-state index is 12.4. The van der Waals surface area contributed by atoms with Crippen LogP contribution < -0.4 is 10.9 Å². The van der Waals surface area contributed by atoms with Crippen LogP contribution in [-0.2, 0) is 0 Å². The number of fused-ring (bicyclic) bond motifs is 1. The number of hydrogen-bond acceptors (Lipinski definition) is 9. The number of aromatic nitrogens is 6. The number of nitrogens with one attached hydrogen (secondary N) is 3. The topological polar surface area (TPSA) is 179 Å². The van der Waals surface area contributed by atoms with Gasteiger partial charge in [0.15, 0.2) is 0 Å². The Bertz CT molecular complexity index is 1380. The molecule has 0 amide bonds. The van der Waals surface area contributed by atoms with E-state index in [4.69, 9.17) is 0 Å². The van der Waals surface area contributed by atoms with Crippen molar-refractivity contribution in [1.29, 1.82) is 5.26 Å². The standard InChI is InChI=1S/C18H11N9O3/c19-8-10(16-23-25-26-24-16)9-20-15-7-11(27(29)30)5-6-12(15)17-21-14-4-2-1-3-13(14)18(28)22-17/h1-7,9,20H,(H,21,22,28)(H,23,24,25,26). The number of anilines is 1. The van der Waals surface area contributed by atoms with E-state index in [2.05, 4.69) is 35.9 Å². The van der Waals surface area contributed by atoms with Crippen LogP contribution in [0.4, 0.5) is 11.4 Å². The summed E-state index contributed by atoms with van der Waals surface area (Å²) in [5, 5.41) is 36.9. The zero-order valence-corrected chi connectivity index (χ0v) is 15.0. The molecule has 0 fully saturated rings. The Hall–Kier alpha value is -4.92. The van der Waals surface area contributed by atoms with Crippen LogP contribution >= 0.6 is 0 Å². The minimum atomic E-state index is -0.556. The highest BCUT2D eigenvalue weighted by atomic mass is 16.6. The Balaban J connectivity index is 1.84. The summed E-state index contributed by atoms with van der Waals surface area (Å²) < 4.78 is 0. The first-order valence-corrected chi connectivity index (χ1v) is 8.45. The average Bonchev–Trinajstić information content (AvgIpc) is 3.29. The highest BCUT2D eigenvalue weighted by Gasteiger charge is 2.15. The summed E-state index contributed by atoms with van der Waals surface area (Å²) in [5.74, 6) is 0.261. The fraction of sp³-hybridized carbons (Fsp3) is 0. The van der Waals surface area contributed by atoms with Crippen LogP contribution in [0.15, 0.2) is 53.5 Å². The van der Waals surface area contributed by atoms with Crippen molar-refractivity contribution in [2.45, 2.75) is 0 Å². The highest BCUT2D eigenvalue weighted by Crippen LogP contribution is 2.30. The maximum Gasteiger partial charge on any atom is 0.271 e. The molecule has 0 aliphatic carbocycles. The number of nitro benzene ring substituents is 1. The SMILES string of the molecule is N#CC(=CNc1cc([N+](=O)[O-])ccc1-c1nc2ccccc2c(=O)[nH]1)c1nn[nH]n1. The van der Waals surface area contributed by atoms with Crippen molar-refractivity contribution in [2.24, 2.45) is 0 Å². The Morgan fingerprint density at radius 1 is 1.27 bits per heavy atom. The smallest absolute Gasteiger partial charge is 0.271 e. The lowest BCUT2D eigenvalue weighted by Crippen LogP contribution is -2.10. The fourth-order valence-corrected chi connectivity index (χ4v) is 2.76. The number of nitriles is 1. The first-order valence-electron chi connectivity index (χ1n) is 8.45. The second-order valence-electron chi connectivity index (χ2n) is 5.97. The van der Waals surface area contributed by atoms with E-state index < -0.39 is 4.92 Å². The zero-order chi connectivity index (χ0) is 21.1. The lowest BCUT2D eigenvalue weighted by Gasteiger charge is -2.10. The lowest BCUT2D eigenvalue weighted by molar-refractivity contribution is -0.384. The number of non-ortho nitro benzene ring substituents is 1. The minimum absolute atomic E-state index is 0.0428. The predicted molar refractivity (Wildman–Crippen MR) is 106 cm³/mol. The molecule has 0 bridgehead atoms. The van der Waals surface area contributed by atoms with E-state index in [0.717, 1.165) is 0 Å². The molecule has 3 N–H and O–H groups in total. The number of rotatable bonds is 5. The number of benzene rings is 2. The van der Waals surface area contributed by atoms with Gasteiger partial charge in [-0.2, -0.15) is 10.5 Å². The molecule has 146 valence electrons. The first-order chi connectivity index (χ1) is 14.6. The highest BCUT2D eigenvalue weighted by molar-refractivity contribution is 5.84. The molecule has 30 heavy (non-hydrogen) atoms. The van der Waals surface area contributed by atoms with Gasteiger partial charge in [0, 0.05) is 23.9 Å². The second-order valence-corrected chi connectivity index (χ2v) is 5.97. The van der Waals surface area contributed by atoms with E-state index in [-0.39, 0.29) is 34.2 Å². The van der Waals surface area contributed by atoms with Gasteiger partial charge in [0.1, 0.15) is 17.5 Å². The van der Waals surface area contributed by atoms with Gasteiger partial charge in [0.2, 0.25) is 5.82 Å². The van der Waals surface area contributed by atoms with Crippen LogP contribution in [0.25, 0.3) is 27.9 Å². The molecule has 12 heteroatoms. The van der Waals surface area contributed by atoms with Crippen molar-refractivity contribution in [3.63, 3.8) is 0 Å². The molecule has 0 radical (unpaired) electrons. The number of tetrazole rings is 1.